The summed E-state index contributed by atoms with van der Waals surface area (Å²) in [7, 11) is 0. The highest BCUT2D eigenvalue weighted by atomic mass is 14.7. The Morgan fingerprint density at radius 3 is 2.45 bits per heavy atom. The monoisotopic (exact) mass is 149 g/mol. The van der Waals surface area contributed by atoms with Gasteiger partial charge in [-0.3, -0.25) is 0 Å². The fraction of sp³-hybridized carbons (Fsp3) is 0.400. The largest absolute Gasteiger partial charge is 0.361 e. The zero-order valence-electron chi connectivity index (χ0n) is 7.44. The van der Waals surface area contributed by atoms with Gasteiger partial charge in [0.15, 0.2) is 0 Å². The lowest BCUT2D eigenvalue weighted by Crippen LogP contribution is -1.86. The van der Waals surface area contributed by atoms with E-state index < -0.39 is 0 Å². The van der Waals surface area contributed by atoms with Crippen LogP contribution < -0.4 is 0 Å². The molecular weight excluding hydrogens is 134 g/mol. The molecule has 1 rings (SSSR count). The van der Waals surface area contributed by atoms with E-state index in [1.807, 2.05) is 6.08 Å². The third-order valence-corrected chi connectivity index (χ3v) is 2.05. The quantitative estimate of drug-likeness (QED) is 0.665. The third kappa shape index (κ3) is 1.37. The smallest absolute Gasteiger partial charge is 0.0407 e. The standard InChI is InChI=1S/C10H15N/c1-5-10-8(4)9(6-11-10)7(2)3/h5-7,11H,1H2,2-4H3. The first-order valence-electron chi connectivity index (χ1n) is 3.97. The van der Waals surface area contributed by atoms with Crippen molar-refractivity contribution < 1.29 is 0 Å². The Labute approximate surface area is 68.1 Å². The summed E-state index contributed by atoms with van der Waals surface area (Å²) in [6.45, 7) is 10.3. The van der Waals surface area contributed by atoms with Crippen molar-refractivity contribution in [2.24, 2.45) is 0 Å². The van der Waals surface area contributed by atoms with E-state index in [9.17, 15) is 0 Å². The number of H-pyrrole nitrogens is 1. The molecule has 0 atom stereocenters. The fourth-order valence-electron chi connectivity index (χ4n) is 1.34. The predicted molar refractivity (Wildman–Crippen MR) is 49.7 cm³/mol. The van der Waals surface area contributed by atoms with Gasteiger partial charge in [0.2, 0.25) is 0 Å². The van der Waals surface area contributed by atoms with Crippen molar-refractivity contribution >= 4 is 6.08 Å². The molecule has 0 saturated carbocycles. The van der Waals surface area contributed by atoms with Crippen LogP contribution in [0, 0.1) is 6.92 Å². The second-order valence-corrected chi connectivity index (χ2v) is 3.14. The van der Waals surface area contributed by atoms with E-state index in [1.54, 1.807) is 0 Å². The van der Waals surface area contributed by atoms with Crippen LogP contribution >= 0.6 is 0 Å². The molecule has 1 heterocycles. The highest BCUT2D eigenvalue weighted by Crippen LogP contribution is 2.21. The van der Waals surface area contributed by atoms with Gasteiger partial charge in [0, 0.05) is 11.9 Å². The first kappa shape index (κ1) is 8.12. The molecule has 0 fully saturated rings. The summed E-state index contributed by atoms with van der Waals surface area (Å²) in [4.78, 5) is 3.19. The Hall–Kier alpha value is -0.980. The van der Waals surface area contributed by atoms with Gasteiger partial charge in [0.25, 0.3) is 0 Å². The van der Waals surface area contributed by atoms with Gasteiger partial charge < -0.3 is 4.98 Å². The Kier molecular flexibility index (Phi) is 2.18. The number of aromatic amines is 1. The Morgan fingerprint density at radius 2 is 2.18 bits per heavy atom. The minimum atomic E-state index is 0.597. The van der Waals surface area contributed by atoms with Crippen LogP contribution in [-0.4, -0.2) is 4.98 Å². The second kappa shape index (κ2) is 2.95. The molecule has 0 amide bonds. The van der Waals surface area contributed by atoms with E-state index in [4.69, 9.17) is 0 Å². The fourth-order valence-corrected chi connectivity index (χ4v) is 1.34. The van der Waals surface area contributed by atoms with Crippen molar-refractivity contribution in [1.82, 2.24) is 4.98 Å². The van der Waals surface area contributed by atoms with Crippen LogP contribution in [0.3, 0.4) is 0 Å². The maximum atomic E-state index is 3.73. The first-order chi connectivity index (χ1) is 5.16. The Morgan fingerprint density at radius 1 is 1.55 bits per heavy atom. The van der Waals surface area contributed by atoms with Crippen molar-refractivity contribution in [2.75, 3.05) is 0 Å². The van der Waals surface area contributed by atoms with Gasteiger partial charge in [0.05, 0.1) is 0 Å². The van der Waals surface area contributed by atoms with Crippen molar-refractivity contribution in [2.45, 2.75) is 26.7 Å². The van der Waals surface area contributed by atoms with Crippen LogP contribution in [0.2, 0.25) is 0 Å². The van der Waals surface area contributed by atoms with Gasteiger partial charge in [-0.2, -0.15) is 0 Å². The van der Waals surface area contributed by atoms with Gasteiger partial charge in [-0.1, -0.05) is 20.4 Å². The molecule has 1 aromatic rings. The number of hydrogen-bond donors (Lipinski definition) is 1. The lowest BCUT2D eigenvalue weighted by Gasteiger charge is -2.02. The van der Waals surface area contributed by atoms with E-state index in [2.05, 4.69) is 38.5 Å². The Bertz CT molecular complexity index is 256. The highest BCUT2D eigenvalue weighted by molar-refractivity contribution is 5.50. The normalized spacial score (nSPS) is 10.5. The summed E-state index contributed by atoms with van der Waals surface area (Å²) in [5, 5.41) is 0. The molecule has 0 saturated heterocycles. The Balaban J connectivity index is 3.10. The molecule has 1 nitrogen and oxygen atoms in total. The van der Waals surface area contributed by atoms with Gasteiger partial charge in [-0.05, 0) is 30.0 Å². The molecule has 0 aliphatic rings. The van der Waals surface area contributed by atoms with E-state index in [0.717, 1.165) is 5.69 Å². The SMILES string of the molecule is C=Cc1[nH]cc(C(C)C)c1C. The van der Waals surface area contributed by atoms with Crippen LogP contribution in [0.1, 0.15) is 36.6 Å². The van der Waals surface area contributed by atoms with Gasteiger partial charge in [-0.15, -0.1) is 0 Å². The molecule has 1 aromatic heterocycles. The molecule has 1 heteroatoms. The molecule has 0 radical (unpaired) electrons. The average molecular weight is 149 g/mol. The highest BCUT2D eigenvalue weighted by Gasteiger charge is 2.06. The summed E-state index contributed by atoms with van der Waals surface area (Å²) in [5.74, 6) is 0.597. The van der Waals surface area contributed by atoms with E-state index in [0.29, 0.717) is 5.92 Å². The molecule has 0 aliphatic heterocycles. The summed E-state index contributed by atoms with van der Waals surface area (Å²) < 4.78 is 0. The van der Waals surface area contributed by atoms with E-state index in [-0.39, 0.29) is 0 Å². The predicted octanol–water partition coefficient (Wildman–Crippen LogP) is 3.09. The van der Waals surface area contributed by atoms with Crippen LogP contribution in [0.15, 0.2) is 12.8 Å². The second-order valence-electron chi connectivity index (χ2n) is 3.14. The van der Waals surface area contributed by atoms with Crippen molar-refractivity contribution in [3.63, 3.8) is 0 Å². The van der Waals surface area contributed by atoms with E-state index >= 15 is 0 Å². The minimum Gasteiger partial charge on any atom is -0.361 e. The summed E-state index contributed by atoms with van der Waals surface area (Å²) >= 11 is 0. The van der Waals surface area contributed by atoms with Crippen molar-refractivity contribution in [1.29, 1.82) is 0 Å². The molecule has 0 aliphatic carbocycles. The zero-order valence-corrected chi connectivity index (χ0v) is 7.44. The summed E-state index contributed by atoms with van der Waals surface area (Å²) in [6.07, 6.45) is 3.93. The van der Waals surface area contributed by atoms with Gasteiger partial charge in [-0.25, -0.2) is 0 Å². The van der Waals surface area contributed by atoms with Gasteiger partial charge >= 0.3 is 0 Å². The van der Waals surface area contributed by atoms with Crippen LogP contribution in [0.25, 0.3) is 6.08 Å². The van der Waals surface area contributed by atoms with Crippen LogP contribution in [-0.2, 0) is 0 Å². The zero-order chi connectivity index (χ0) is 8.43. The topological polar surface area (TPSA) is 15.8 Å². The first-order valence-corrected chi connectivity index (χ1v) is 3.97. The average Bonchev–Trinajstić information content (AvgIpc) is 2.30. The maximum Gasteiger partial charge on any atom is 0.0407 e. The number of rotatable bonds is 2. The lowest BCUT2D eigenvalue weighted by molar-refractivity contribution is 0.860. The van der Waals surface area contributed by atoms with Crippen molar-refractivity contribution in [3.8, 4) is 0 Å². The molecule has 0 aromatic carbocycles. The van der Waals surface area contributed by atoms with Gasteiger partial charge in [0.1, 0.15) is 0 Å². The summed E-state index contributed by atoms with van der Waals surface area (Å²) in [6, 6.07) is 0. The molecule has 0 spiro atoms. The molecule has 0 bridgehead atoms. The van der Waals surface area contributed by atoms with Crippen molar-refractivity contribution in [3.05, 3.63) is 29.6 Å². The third-order valence-electron chi connectivity index (χ3n) is 2.05. The maximum absolute atomic E-state index is 3.73. The van der Waals surface area contributed by atoms with Crippen LogP contribution in [0.5, 0.6) is 0 Å². The molecular formula is C10H15N. The molecule has 11 heavy (non-hydrogen) atoms. The molecule has 60 valence electrons. The number of aromatic nitrogens is 1. The minimum absolute atomic E-state index is 0.597. The molecule has 0 unspecified atom stereocenters. The lowest BCUT2D eigenvalue weighted by atomic mass is 10.0. The summed E-state index contributed by atoms with van der Waals surface area (Å²) in [5.41, 5.74) is 3.86. The van der Waals surface area contributed by atoms with Crippen LogP contribution in [0.4, 0.5) is 0 Å². The molecule has 1 N–H and O–H groups in total. The number of nitrogens with one attached hydrogen (secondary N) is 1. The van der Waals surface area contributed by atoms with E-state index in [1.165, 1.54) is 11.1 Å². The number of hydrogen-bond acceptors (Lipinski definition) is 0.